The number of thiazole rings is 1. The molecule has 1 N–H and O–H groups in total. The minimum atomic E-state index is -0.510. The first-order valence-electron chi connectivity index (χ1n) is 8.37. The predicted octanol–water partition coefficient (Wildman–Crippen LogP) is 1.55. The highest BCUT2D eigenvalue weighted by Gasteiger charge is 2.24. The Morgan fingerprint density at radius 3 is 2.88 bits per heavy atom. The molecule has 1 aromatic heterocycles. The van der Waals surface area contributed by atoms with Crippen molar-refractivity contribution in [1.82, 2.24) is 14.8 Å². The van der Waals surface area contributed by atoms with Crippen LogP contribution in [0.5, 0.6) is 0 Å². The van der Waals surface area contributed by atoms with Crippen LogP contribution < -0.4 is 5.32 Å². The van der Waals surface area contributed by atoms with E-state index in [1.165, 1.54) is 23.5 Å². The molecule has 140 valence electrons. The van der Waals surface area contributed by atoms with Gasteiger partial charge >= 0.3 is 0 Å². The fourth-order valence-corrected chi connectivity index (χ4v) is 3.52. The summed E-state index contributed by atoms with van der Waals surface area (Å²) in [6, 6.07) is 3.79. The van der Waals surface area contributed by atoms with Crippen molar-refractivity contribution in [3.8, 4) is 0 Å². The summed E-state index contributed by atoms with van der Waals surface area (Å²) >= 11 is 1.21. The van der Waals surface area contributed by atoms with E-state index in [1.807, 2.05) is 0 Å². The van der Waals surface area contributed by atoms with Crippen LogP contribution in [0, 0.1) is 5.82 Å². The molecule has 26 heavy (non-hydrogen) atoms. The van der Waals surface area contributed by atoms with Gasteiger partial charge < -0.3 is 15.0 Å². The van der Waals surface area contributed by atoms with Crippen molar-refractivity contribution in [1.29, 1.82) is 0 Å². The second-order valence-corrected chi connectivity index (χ2v) is 7.24. The number of halogens is 1. The van der Waals surface area contributed by atoms with Crippen molar-refractivity contribution < 1.29 is 18.7 Å². The first-order valence-corrected chi connectivity index (χ1v) is 9.18. The fourth-order valence-electron chi connectivity index (χ4n) is 2.62. The summed E-state index contributed by atoms with van der Waals surface area (Å²) in [6.07, 6.45) is 0. The van der Waals surface area contributed by atoms with Crippen molar-refractivity contribution >= 4 is 38.5 Å². The van der Waals surface area contributed by atoms with Crippen LogP contribution in [0.3, 0.4) is 0 Å². The second-order valence-electron chi connectivity index (χ2n) is 6.20. The molecule has 9 heteroatoms. The molecule has 2 heterocycles. The molecule has 1 aliphatic rings. The average Bonchev–Trinajstić information content (AvgIpc) is 3.02. The number of carbonyl (C=O) groups excluding carboxylic acids is 2. The Bertz CT molecular complexity index is 806. The summed E-state index contributed by atoms with van der Waals surface area (Å²) in [5.41, 5.74) is 0.634. The van der Waals surface area contributed by atoms with E-state index in [2.05, 4.69) is 10.3 Å². The van der Waals surface area contributed by atoms with Gasteiger partial charge in [-0.2, -0.15) is 0 Å². The Kier molecular flexibility index (Phi) is 5.80. The van der Waals surface area contributed by atoms with Gasteiger partial charge in [0, 0.05) is 13.1 Å². The highest BCUT2D eigenvalue weighted by atomic mass is 32.1. The van der Waals surface area contributed by atoms with Gasteiger partial charge in [-0.05, 0) is 32.2 Å². The number of hydrogen-bond donors (Lipinski definition) is 1. The first kappa shape index (κ1) is 18.7. The van der Waals surface area contributed by atoms with Crippen molar-refractivity contribution in [2.45, 2.75) is 13.0 Å². The van der Waals surface area contributed by atoms with Crippen LogP contribution in [0.2, 0.25) is 0 Å². The van der Waals surface area contributed by atoms with Crippen LogP contribution in [0.4, 0.5) is 9.52 Å². The Hall–Kier alpha value is -2.10. The number of anilines is 1. The number of aromatic nitrogens is 1. The number of nitrogens with zero attached hydrogens (tertiary/aromatic N) is 3. The van der Waals surface area contributed by atoms with Gasteiger partial charge in [0.1, 0.15) is 5.82 Å². The van der Waals surface area contributed by atoms with Crippen LogP contribution in [-0.2, 0) is 14.3 Å². The largest absolute Gasteiger partial charge is 0.378 e. The number of nitrogens with one attached hydrogen (secondary N) is 1. The molecule has 7 nitrogen and oxygen atoms in total. The summed E-state index contributed by atoms with van der Waals surface area (Å²) in [5, 5.41) is 3.16. The molecule has 0 radical (unpaired) electrons. The zero-order valence-corrected chi connectivity index (χ0v) is 15.5. The van der Waals surface area contributed by atoms with Gasteiger partial charge in [0.2, 0.25) is 11.8 Å². The monoisotopic (exact) mass is 380 g/mol. The van der Waals surface area contributed by atoms with Gasteiger partial charge in [-0.3, -0.25) is 14.5 Å². The third-order valence-corrected chi connectivity index (χ3v) is 5.30. The Labute approximate surface area is 154 Å². The summed E-state index contributed by atoms with van der Waals surface area (Å²) < 4.78 is 19.2. The maximum absolute atomic E-state index is 13.3. The van der Waals surface area contributed by atoms with Gasteiger partial charge in [-0.15, -0.1) is 0 Å². The number of hydrogen-bond acceptors (Lipinski definition) is 6. The lowest BCUT2D eigenvalue weighted by Gasteiger charge is -2.30. The molecule has 0 bridgehead atoms. The van der Waals surface area contributed by atoms with E-state index in [1.54, 1.807) is 29.8 Å². The smallest absolute Gasteiger partial charge is 0.243 e. The maximum Gasteiger partial charge on any atom is 0.243 e. The summed E-state index contributed by atoms with van der Waals surface area (Å²) in [7, 11) is 1.73. The normalized spacial score (nSPS) is 16.1. The predicted molar refractivity (Wildman–Crippen MR) is 97.7 cm³/mol. The topological polar surface area (TPSA) is 74.8 Å². The molecular formula is C17H21FN4O3S. The number of likely N-dealkylation sites (N-methyl/N-ethyl adjacent to an activating group) is 1. The Balaban J connectivity index is 1.58. The number of fused-ring (bicyclic) bond motifs is 1. The van der Waals surface area contributed by atoms with E-state index in [0.29, 0.717) is 41.7 Å². The zero-order chi connectivity index (χ0) is 18.7. The van der Waals surface area contributed by atoms with Crippen LogP contribution in [0.1, 0.15) is 6.92 Å². The van der Waals surface area contributed by atoms with E-state index in [0.717, 1.165) is 0 Å². The van der Waals surface area contributed by atoms with Gasteiger partial charge in [0.25, 0.3) is 0 Å². The van der Waals surface area contributed by atoms with E-state index < -0.39 is 6.04 Å². The van der Waals surface area contributed by atoms with Crippen LogP contribution in [-0.4, -0.2) is 72.5 Å². The SMILES string of the molecule is CC(C(=O)Nc1nc2ccc(F)cc2s1)N(C)CC(=O)N1CCOCC1. The Morgan fingerprint density at radius 2 is 2.15 bits per heavy atom. The molecule has 1 fully saturated rings. The fraction of sp³-hybridized carbons (Fsp3) is 0.471. The number of benzene rings is 1. The van der Waals surface area contributed by atoms with Gasteiger partial charge in [-0.25, -0.2) is 9.37 Å². The highest BCUT2D eigenvalue weighted by molar-refractivity contribution is 7.22. The second kappa shape index (κ2) is 8.07. The third-order valence-electron chi connectivity index (χ3n) is 4.37. The summed E-state index contributed by atoms with van der Waals surface area (Å²) in [5.74, 6) is -0.624. The van der Waals surface area contributed by atoms with Crippen LogP contribution in [0.15, 0.2) is 18.2 Å². The summed E-state index contributed by atoms with van der Waals surface area (Å²) in [4.78, 5) is 32.5. The molecule has 3 rings (SSSR count). The molecule has 1 aromatic carbocycles. The minimum absolute atomic E-state index is 0.0223. The van der Waals surface area contributed by atoms with Gasteiger partial charge in [0.05, 0.1) is 36.0 Å². The number of carbonyl (C=O) groups is 2. The van der Waals surface area contributed by atoms with Crippen molar-refractivity contribution in [2.24, 2.45) is 0 Å². The number of ether oxygens (including phenoxy) is 1. The molecule has 0 aliphatic carbocycles. The first-order chi connectivity index (χ1) is 12.4. The van der Waals surface area contributed by atoms with Crippen molar-refractivity contribution in [3.63, 3.8) is 0 Å². The molecule has 1 aliphatic heterocycles. The number of rotatable bonds is 5. The molecular weight excluding hydrogens is 359 g/mol. The molecule has 0 spiro atoms. The van der Waals surface area contributed by atoms with E-state index in [4.69, 9.17) is 4.74 Å². The average molecular weight is 380 g/mol. The summed E-state index contributed by atoms with van der Waals surface area (Å²) in [6.45, 7) is 4.13. The number of morpholine rings is 1. The molecule has 2 amide bonds. The quantitative estimate of drug-likeness (QED) is 0.852. The highest BCUT2D eigenvalue weighted by Crippen LogP contribution is 2.26. The molecule has 0 saturated carbocycles. The van der Waals surface area contributed by atoms with E-state index in [9.17, 15) is 14.0 Å². The third kappa shape index (κ3) is 4.35. The van der Waals surface area contributed by atoms with E-state index in [-0.39, 0.29) is 24.2 Å². The lowest BCUT2D eigenvalue weighted by atomic mass is 10.2. The molecule has 2 aromatic rings. The standard InChI is InChI=1S/C17H21FN4O3S/c1-11(21(2)10-15(23)22-5-7-25-8-6-22)16(24)20-17-19-13-4-3-12(18)9-14(13)26-17/h3-4,9,11H,5-8,10H2,1-2H3,(H,19,20,24). The molecule has 1 unspecified atom stereocenters. The minimum Gasteiger partial charge on any atom is -0.378 e. The Morgan fingerprint density at radius 1 is 1.42 bits per heavy atom. The van der Waals surface area contributed by atoms with Crippen molar-refractivity contribution in [3.05, 3.63) is 24.0 Å². The van der Waals surface area contributed by atoms with E-state index >= 15 is 0 Å². The zero-order valence-electron chi connectivity index (χ0n) is 14.7. The van der Waals surface area contributed by atoms with Crippen LogP contribution in [0.25, 0.3) is 10.2 Å². The van der Waals surface area contributed by atoms with Crippen molar-refractivity contribution in [2.75, 3.05) is 45.2 Å². The number of amides is 2. The van der Waals surface area contributed by atoms with Crippen LogP contribution >= 0.6 is 11.3 Å². The molecule has 1 atom stereocenters. The van der Waals surface area contributed by atoms with Gasteiger partial charge in [-0.1, -0.05) is 11.3 Å². The lowest BCUT2D eigenvalue weighted by Crippen LogP contribution is -2.48. The van der Waals surface area contributed by atoms with Gasteiger partial charge in [0.15, 0.2) is 5.13 Å². The molecule has 1 saturated heterocycles. The lowest BCUT2D eigenvalue weighted by molar-refractivity contribution is -0.137. The maximum atomic E-state index is 13.3.